The number of aromatic nitrogens is 2. The number of carbonyl (C=O) groups is 3. The first-order valence-corrected chi connectivity index (χ1v) is 8.04. The highest BCUT2D eigenvalue weighted by molar-refractivity contribution is 6.33. The Bertz CT molecular complexity index is 959. The summed E-state index contributed by atoms with van der Waals surface area (Å²) in [6, 6.07) is 15.4. The van der Waals surface area contributed by atoms with Crippen molar-refractivity contribution in [3.05, 3.63) is 90.0 Å². The van der Waals surface area contributed by atoms with Gasteiger partial charge in [0.15, 0.2) is 17.0 Å². The van der Waals surface area contributed by atoms with Gasteiger partial charge in [-0.1, -0.05) is 54.6 Å². The van der Waals surface area contributed by atoms with Gasteiger partial charge in [-0.3, -0.25) is 9.59 Å². The van der Waals surface area contributed by atoms with Crippen LogP contribution in [0.1, 0.15) is 26.3 Å². The maximum Gasteiger partial charge on any atom is 0.419 e. The lowest BCUT2D eigenvalue weighted by molar-refractivity contribution is 0.0667. The fourth-order valence-electron chi connectivity index (χ4n) is 3.25. The number of fused-ring (bicyclic) bond motifs is 1. The molecule has 0 unspecified atom stereocenters. The minimum absolute atomic E-state index is 0.347. The number of ether oxygens (including phenoxy) is 1. The van der Waals surface area contributed by atoms with Crippen LogP contribution < -0.4 is 0 Å². The Labute approximate surface area is 149 Å². The molecule has 128 valence electrons. The number of carbonyl (C=O) groups excluding carboxylic acids is 3. The summed E-state index contributed by atoms with van der Waals surface area (Å²) < 4.78 is 6.49. The molecule has 1 heterocycles. The van der Waals surface area contributed by atoms with Gasteiger partial charge in [-0.05, 0) is 5.56 Å². The van der Waals surface area contributed by atoms with E-state index in [2.05, 4.69) is 4.98 Å². The number of rotatable bonds is 3. The summed E-state index contributed by atoms with van der Waals surface area (Å²) in [6.45, 7) is -0.375. The Morgan fingerprint density at radius 3 is 2.15 bits per heavy atom. The predicted octanol–water partition coefficient (Wildman–Crippen LogP) is 2.89. The van der Waals surface area contributed by atoms with Crippen molar-refractivity contribution in [2.75, 3.05) is 6.61 Å². The van der Waals surface area contributed by atoms with Crippen LogP contribution >= 0.6 is 0 Å². The number of Topliss-reactive ketones (excluding diaryl/α,β-unsaturated/α-hetero) is 2. The normalized spacial score (nSPS) is 14.9. The molecule has 0 spiro atoms. The van der Waals surface area contributed by atoms with E-state index in [0.717, 1.165) is 4.57 Å². The quantitative estimate of drug-likeness (QED) is 0.682. The molecule has 0 saturated carbocycles. The van der Waals surface area contributed by atoms with Crippen LogP contribution in [-0.4, -0.2) is 33.8 Å². The first-order chi connectivity index (χ1) is 12.6. The topological polar surface area (TPSA) is 78.3 Å². The average Bonchev–Trinajstić information content (AvgIpc) is 3.29. The molecule has 3 aromatic rings. The van der Waals surface area contributed by atoms with Crippen molar-refractivity contribution in [3.63, 3.8) is 0 Å². The summed E-state index contributed by atoms with van der Waals surface area (Å²) in [5.74, 6) is -0.717. The molecule has 4 rings (SSSR count). The van der Waals surface area contributed by atoms with Gasteiger partial charge in [0, 0.05) is 23.5 Å². The number of hydrogen-bond acceptors (Lipinski definition) is 5. The fraction of sp³-hybridized carbons (Fsp3) is 0.100. The summed E-state index contributed by atoms with van der Waals surface area (Å²) in [4.78, 5) is 42.4. The molecule has 1 aliphatic carbocycles. The van der Waals surface area contributed by atoms with Crippen molar-refractivity contribution in [3.8, 4) is 0 Å². The standard InChI is InChI=1S/C20H14N2O4/c23-17-15-8-4-5-9-16(15)18(24)20(17,14-6-2-1-3-7-14)12-26-19(25)22-11-10-21-13-22/h1-11,13H,12H2. The smallest absolute Gasteiger partial charge is 0.419 e. The van der Waals surface area contributed by atoms with Crippen molar-refractivity contribution >= 4 is 17.7 Å². The highest BCUT2D eigenvalue weighted by atomic mass is 16.6. The molecule has 0 fully saturated rings. The molecule has 0 bridgehead atoms. The van der Waals surface area contributed by atoms with E-state index < -0.39 is 11.5 Å². The summed E-state index contributed by atoms with van der Waals surface area (Å²) in [7, 11) is 0. The fourth-order valence-corrected chi connectivity index (χ4v) is 3.25. The van der Waals surface area contributed by atoms with Crippen molar-refractivity contribution in [1.29, 1.82) is 0 Å². The van der Waals surface area contributed by atoms with E-state index in [4.69, 9.17) is 4.74 Å². The Balaban J connectivity index is 1.77. The number of hydrogen-bond donors (Lipinski definition) is 0. The van der Waals surface area contributed by atoms with Crippen LogP contribution in [0.4, 0.5) is 4.79 Å². The summed E-state index contributed by atoms with van der Waals surface area (Å²) in [5, 5.41) is 0. The van der Waals surface area contributed by atoms with Gasteiger partial charge in [0.25, 0.3) is 0 Å². The Morgan fingerprint density at radius 2 is 1.58 bits per heavy atom. The zero-order chi connectivity index (χ0) is 18.1. The summed E-state index contributed by atoms with van der Waals surface area (Å²) in [6.07, 6.45) is 3.47. The van der Waals surface area contributed by atoms with Crippen LogP contribution in [0.15, 0.2) is 73.3 Å². The highest BCUT2D eigenvalue weighted by Gasteiger charge is 2.55. The van der Waals surface area contributed by atoms with E-state index in [1.165, 1.54) is 18.7 Å². The minimum atomic E-state index is -1.57. The van der Waals surface area contributed by atoms with Crippen LogP contribution in [-0.2, 0) is 10.2 Å². The van der Waals surface area contributed by atoms with Gasteiger partial charge in [0.2, 0.25) is 0 Å². The summed E-state index contributed by atoms with van der Waals surface area (Å²) in [5.41, 5.74) is -0.369. The highest BCUT2D eigenvalue weighted by Crippen LogP contribution is 2.40. The molecule has 0 N–H and O–H groups in total. The Hall–Kier alpha value is -3.54. The molecule has 26 heavy (non-hydrogen) atoms. The minimum Gasteiger partial charge on any atom is -0.447 e. The molecule has 0 aliphatic heterocycles. The lowest BCUT2D eigenvalue weighted by Crippen LogP contribution is -2.44. The van der Waals surface area contributed by atoms with E-state index in [9.17, 15) is 14.4 Å². The maximum atomic E-state index is 13.2. The van der Waals surface area contributed by atoms with Gasteiger partial charge >= 0.3 is 6.09 Å². The molecule has 2 aromatic carbocycles. The predicted molar refractivity (Wildman–Crippen MR) is 92.2 cm³/mol. The number of nitrogens with zero attached hydrogens (tertiary/aromatic N) is 2. The summed E-state index contributed by atoms with van der Waals surface area (Å²) >= 11 is 0. The third-order valence-electron chi connectivity index (χ3n) is 4.59. The monoisotopic (exact) mass is 346 g/mol. The molecule has 1 aliphatic rings. The van der Waals surface area contributed by atoms with Crippen LogP contribution in [0.25, 0.3) is 0 Å². The zero-order valence-corrected chi connectivity index (χ0v) is 13.7. The first-order valence-electron chi connectivity index (χ1n) is 8.04. The molecule has 0 atom stereocenters. The van der Waals surface area contributed by atoms with Crippen molar-refractivity contribution in [2.24, 2.45) is 0 Å². The molecule has 1 aromatic heterocycles. The van der Waals surface area contributed by atoms with Crippen LogP contribution in [0.2, 0.25) is 0 Å². The van der Waals surface area contributed by atoms with E-state index in [1.807, 2.05) is 0 Å². The molecule has 6 nitrogen and oxygen atoms in total. The van der Waals surface area contributed by atoms with Gasteiger partial charge in [-0.15, -0.1) is 0 Å². The third-order valence-corrected chi connectivity index (χ3v) is 4.59. The van der Waals surface area contributed by atoms with Crippen molar-refractivity contribution in [1.82, 2.24) is 9.55 Å². The second-order valence-electron chi connectivity index (χ2n) is 6.00. The lowest BCUT2D eigenvalue weighted by Gasteiger charge is -2.26. The largest absolute Gasteiger partial charge is 0.447 e. The maximum absolute atomic E-state index is 13.2. The number of ketones is 2. The number of imidazole rings is 1. The molecule has 0 amide bonds. The lowest BCUT2D eigenvalue weighted by atomic mass is 9.76. The van der Waals surface area contributed by atoms with E-state index in [-0.39, 0.29) is 18.2 Å². The van der Waals surface area contributed by atoms with Gasteiger partial charge in [0.1, 0.15) is 12.9 Å². The molecular formula is C20H14N2O4. The van der Waals surface area contributed by atoms with Crippen LogP contribution in [0.3, 0.4) is 0 Å². The van der Waals surface area contributed by atoms with Gasteiger partial charge in [-0.25, -0.2) is 14.3 Å². The van der Waals surface area contributed by atoms with Crippen molar-refractivity contribution < 1.29 is 19.1 Å². The van der Waals surface area contributed by atoms with E-state index in [0.29, 0.717) is 16.7 Å². The zero-order valence-electron chi connectivity index (χ0n) is 13.7. The van der Waals surface area contributed by atoms with E-state index >= 15 is 0 Å². The third kappa shape index (κ3) is 2.27. The van der Waals surface area contributed by atoms with Crippen molar-refractivity contribution in [2.45, 2.75) is 5.41 Å². The average molecular weight is 346 g/mol. The first kappa shape index (κ1) is 16.0. The second-order valence-corrected chi connectivity index (χ2v) is 6.00. The molecule has 0 radical (unpaired) electrons. The van der Waals surface area contributed by atoms with Crippen LogP contribution in [0.5, 0.6) is 0 Å². The Morgan fingerprint density at radius 1 is 0.962 bits per heavy atom. The van der Waals surface area contributed by atoms with Gasteiger partial charge < -0.3 is 4.74 Å². The number of benzene rings is 2. The Kier molecular flexibility index (Phi) is 3.73. The van der Waals surface area contributed by atoms with Gasteiger partial charge in [0.05, 0.1) is 0 Å². The molecular weight excluding hydrogens is 332 g/mol. The second kappa shape index (κ2) is 6.07. The molecule has 0 saturated heterocycles. The van der Waals surface area contributed by atoms with Crippen LogP contribution in [0, 0.1) is 0 Å². The SMILES string of the molecule is O=C(OCC1(c2ccccc2)C(=O)c2ccccc2C1=O)n1ccnc1. The molecule has 6 heteroatoms. The van der Waals surface area contributed by atoms with Gasteiger partial charge in [-0.2, -0.15) is 0 Å². The van der Waals surface area contributed by atoms with E-state index in [1.54, 1.807) is 54.6 Å².